The molecule has 0 heterocycles. The lowest BCUT2D eigenvalue weighted by molar-refractivity contribution is -0.392. The largest absolute Gasteiger partial charge is 0.416 e. The lowest BCUT2D eigenvalue weighted by atomic mass is 10.1. The molecule has 0 amide bonds. The molecule has 0 aliphatic rings. The smallest absolute Gasteiger partial charge is 0.258 e. The van der Waals surface area contributed by atoms with Gasteiger partial charge >= 0.3 is 34.0 Å². The first kappa shape index (κ1) is 25.0. The van der Waals surface area contributed by atoms with Gasteiger partial charge in [0.15, 0.2) is 5.17 Å². The highest BCUT2D eigenvalue weighted by molar-refractivity contribution is 6.68. The van der Waals surface area contributed by atoms with Crippen LogP contribution in [0, 0.1) is 20.2 Å². The maximum absolute atomic E-state index is 13.9. The number of alkyl halides is 10. The molecule has 18 heteroatoms. The Labute approximate surface area is 168 Å². The van der Waals surface area contributed by atoms with Gasteiger partial charge in [0, 0.05) is 12.1 Å². The standard InChI is InChI=1S/C11H2Cl3F8N3O4/c12-7(8(15,16)10(13,20)11(14,21)22)23-6-4(24(26)27)1-3(9(17,18)19)2-5(6)25(28)29/h1-2H. The first-order chi connectivity index (χ1) is 12.7. The molecule has 0 aromatic heterocycles. The molecule has 0 fully saturated rings. The van der Waals surface area contributed by atoms with E-state index in [1.807, 2.05) is 0 Å². The molecule has 162 valence electrons. The molecule has 1 aromatic rings. The fourth-order valence-corrected chi connectivity index (χ4v) is 2.11. The van der Waals surface area contributed by atoms with E-state index in [0.717, 1.165) is 0 Å². The van der Waals surface area contributed by atoms with E-state index in [9.17, 15) is 55.4 Å². The monoisotopic (exact) mass is 497 g/mol. The van der Waals surface area contributed by atoms with Crippen molar-refractivity contribution in [1.82, 2.24) is 0 Å². The Bertz CT molecular complexity index is 850. The maximum Gasteiger partial charge on any atom is 0.416 e. The van der Waals surface area contributed by atoms with Crippen molar-refractivity contribution in [1.29, 1.82) is 0 Å². The van der Waals surface area contributed by atoms with Crippen molar-refractivity contribution in [2.45, 2.75) is 22.6 Å². The number of hydrogen-bond acceptors (Lipinski definition) is 5. The van der Waals surface area contributed by atoms with Gasteiger partial charge in [0.2, 0.25) is 5.69 Å². The molecule has 0 aliphatic carbocycles. The number of nitro benzene ring substituents is 2. The Balaban J connectivity index is 3.86. The second kappa shape index (κ2) is 7.68. The quantitative estimate of drug-likeness (QED) is 0.154. The molecule has 0 bridgehead atoms. The third kappa shape index (κ3) is 4.78. The predicted octanol–water partition coefficient (Wildman–Crippen LogP) is 6.16. The fourth-order valence-electron chi connectivity index (χ4n) is 1.64. The number of nitro groups is 2. The summed E-state index contributed by atoms with van der Waals surface area (Å²) in [6, 6.07) is -0.651. The summed E-state index contributed by atoms with van der Waals surface area (Å²) in [6.07, 6.45) is -5.35. The van der Waals surface area contributed by atoms with Crippen LogP contribution in [0.25, 0.3) is 0 Å². The Hall–Kier alpha value is -2.00. The normalized spacial score (nSPS) is 15.8. The van der Waals surface area contributed by atoms with E-state index >= 15 is 0 Å². The molecule has 29 heavy (non-hydrogen) atoms. The minimum atomic E-state index is -5.70. The zero-order valence-corrected chi connectivity index (χ0v) is 15.1. The van der Waals surface area contributed by atoms with Crippen LogP contribution in [0.1, 0.15) is 5.56 Å². The van der Waals surface area contributed by atoms with Crippen LogP contribution < -0.4 is 0 Å². The Kier molecular flexibility index (Phi) is 6.63. The fraction of sp³-hybridized carbons (Fsp3) is 0.364. The highest BCUT2D eigenvalue weighted by Crippen LogP contribution is 2.52. The van der Waals surface area contributed by atoms with Gasteiger partial charge in [-0.25, -0.2) is 9.38 Å². The van der Waals surface area contributed by atoms with Gasteiger partial charge in [0.05, 0.1) is 15.4 Å². The van der Waals surface area contributed by atoms with Crippen molar-refractivity contribution in [3.8, 4) is 0 Å². The summed E-state index contributed by atoms with van der Waals surface area (Å²) >= 11 is 13.4. The molecule has 7 nitrogen and oxygen atoms in total. The average molecular weight is 498 g/mol. The van der Waals surface area contributed by atoms with Gasteiger partial charge in [0.1, 0.15) is 0 Å². The van der Waals surface area contributed by atoms with E-state index in [2.05, 4.69) is 28.2 Å². The van der Waals surface area contributed by atoms with Crippen molar-refractivity contribution in [2.24, 2.45) is 4.99 Å². The Morgan fingerprint density at radius 3 is 1.55 bits per heavy atom. The minimum absolute atomic E-state index is 0.326. The van der Waals surface area contributed by atoms with Crippen LogP contribution in [0.5, 0.6) is 0 Å². The first-order valence-electron chi connectivity index (χ1n) is 6.36. The second-order valence-electron chi connectivity index (χ2n) is 4.92. The van der Waals surface area contributed by atoms with Gasteiger partial charge in [0.25, 0.3) is 0 Å². The molecule has 1 aromatic carbocycles. The summed E-state index contributed by atoms with van der Waals surface area (Å²) in [4.78, 5) is 20.9. The van der Waals surface area contributed by atoms with E-state index in [1.54, 1.807) is 0 Å². The number of rotatable bonds is 6. The molecule has 0 saturated heterocycles. The summed E-state index contributed by atoms with van der Waals surface area (Å²) in [7, 11) is 0. The number of benzene rings is 1. The van der Waals surface area contributed by atoms with Gasteiger partial charge in [-0.2, -0.15) is 30.7 Å². The van der Waals surface area contributed by atoms with Gasteiger partial charge < -0.3 is 0 Å². The van der Waals surface area contributed by atoms with Crippen LogP contribution in [-0.4, -0.2) is 31.4 Å². The van der Waals surface area contributed by atoms with Crippen LogP contribution in [0.4, 0.5) is 52.2 Å². The van der Waals surface area contributed by atoms with E-state index in [1.165, 1.54) is 0 Å². The highest BCUT2D eigenvalue weighted by atomic mass is 35.5. The molecular formula is C11H2Cl3F8N3O4. The Morgan fingerprint density at radius 2 is 1.28 bits per heavy atom. The topological polar surface area (TPSA) is 98.6 Å². The third-order valence-corrected chi connectivity index (χ3v) is 4.16. The highest BCUT2D eigenvalue weighted by Gasteiger charge is 2.71. The third-order valence-electron chi connectivity index (χ3n) is 3.01. The SMILES string of the molecule is O=[N+]([O-])c1cc(C(F)(F)F)cc([N+](=O)[O-])c1N=C(Cl)C(F)(F)C(F)(Cl)C(F)(F)Cl. The zero-order chi connectivity index (χ0) is 23.2. The van der Waals surface area contributed by atoms with Crippen LogP contribution in [-0.2, 0) is 6.18 Å². The zero-order valence-electron chi connectivity index (χ0n) is 12.8. The minimum Gasteiger partial charge on any atom is -0.258 e. The van der Waals surface area contributed by atoms with Crippen LogP contribution in [0.15, 0.2) is 17.1 Å². The summed E-state index contributed by atoms with van der Waals surface area (Å²) < 4.78 is 105. The number of hydrogen-bond donors (Lipinski definition) is 0. The average Bonchev–Trinajstić information content (AvgIpc) is 2.51. The predicted molar refractivity (Wildman–Crippen MR) is 83.1 cm³/mol. The van der Waals surface area contributed by atoms with Gasteiger partial charge in [-0.15, -0.1) is 0 Å². The molecular weight excluding hydrogens is 496 g/mol. The number of halogens is 11. The van der Waals surface area contributed by atoms with E-state index in [4.69, 9.17) is 11.6 Å². The molecule has 0 spiro atoms. The van der Waals surface area contributed by atoms with Crippen LogP contribution >= 0.6 is 34.8 Å². The maximum atomic E-state index is 13.9. The number of nitrogens with zero attached hydrogens (tertiary/aromatic N) is 3. The van der Waals surface area contributed by atoms with E-state index in [0.29, 0.717) is 0 Å². The second-order valence-corrected chi connectivity index (χ2v) is 6.28. The van der Waals surface area contributed by atoms with Crippen molar-refractivity contribution in [3.05, 3.63) is 37.9 Å². The van der Waals surface area contributed by atoms with Gasteiger partial charge in [-0.3, -0.25) is 20.2 Å². The van der Waals surface area contributed by atoms with Crippen molar-refractivity contribution >= 4 is 57.0 Å². The summed E-state index contributed by atoms with van der Waals surface area (Å²) in [5.41, 5.74) is -7.49. The van der Waals surface area contributed by atoms with E-state index < -0.39 is 60.3 Å². The summed E-state index contributed by atoms with van der Waals surface area (Å²) in [5.74, 6) is -5.70. The Morgan fingerprint density at radius 1 is 0.897 bits per heavy atom. The summed E-state index contributed by atoms with van der Waals surface area (Å²) in [5, 5.41) is 8.31. The summed E-state index contributed by atoms with van der Waals surface area (Å²) in [6.45, 7) is 0. The number of aliphatic imine (C=N–C) groups is 1. The molecule has 1 unspecified atom stereocenters. The van der Waals surface area contributed by atoms with Gasteiger partial charge in [-0.1, -0.05) is 23.2 Å². The molecule has 0 radical (unpaired) electrons. The van der Waals surface area contributed by atoms with Crippen LogP contribution in [0.3, 0.4) is 0 Å². The lowest BCUT2D eigenvalue weighted by Gasteiger charge is -2.29. The first-order valence-corrected chi connectivity index (χ1v) is 7.49. The molecule has 0 saturated carbocycles. The molecule has 1 rings (SSSR count). The molecule has 0 aliphatic heterocycles. The molecule has 1 atom stereocenters. The molecule has 0 N–H and O–H groups in total. The lowest BCUT2D eigenvalue weighted by Crippen LogP contribution is -2.53. The van der Waals surface area contributed by atoms with Crippen molar-refractivity contribution in [3.63, 3.8) is 0 Å². The van der Waals surface area contributed by atoms with Crippen LogP contribution in [0.2, 0.25) is 0 Å². The van der Waals surface area contributed by atoms with E-state index in [-0.39, 0.29) is 12.1 Å². The van der Waals surface area contributed by atoms with Crippen molar-refractivity contribution in [2.75, 3.05) is 0 Å². The van der Waals surface area contributed by atoms with Gasteiger partial charge in [-0.05, 0) is 11.6 Å². The van der Waals surface area contributed by atoms with Crippen molar-refractivity contribution < 1.29 is 45.0 Å².